The van der Waals surface area contributed by atoms with E-state index in [9.17, 15) is 9.59 Å². The van der Waals surface area contributed by atoms with E-state index in [1.54, 1.807) is 6.92 Å². The molecule has 0 aromatic heterocycles. The number of carbonyl (C=O) groups excluding carboxylic acids is 2. The second-order valence-corrected chi connectivity index (χ2v) is 10.0. The number of carbonyl (C=O) groups is 2. The minimum atomic E-state index is -0.754. The summed E-state index contributed by atoms with van der Waals surface area (Å²) in [6, 6.07) is 14.6. The van der Waals surface area contributed by atoms with Gasteiger partial charge in [-0.25, -0.2) is 4.79 Å². The maximum absolute atomic E-state index is 12.6. The fourth-order valence-corrected chi connectivity index (χ4v) is 5.46. The first-order valence-corrected chi connectivity index (χ1v) is 12.5. The molecule has 0 fully saturated rings. The predicted octanol–water partition coefficient (Wildman–Crippen LogP) is 6.68. The van der Waals surface area contributed by atoms with Crippen LogP contribution >= 0.6 is 0 Å². The Morgan fingerprint density at radius 2 is 1.74 bits per heavy atom. The van der Waals surface area contributed by atoms with Crippen molar-refractivity contribution >= 4 is 17.6 Å². The van der Waals surface area contributed by atoms with Crippen LogP contribution in [0.5, 0.6) is 5.75 Å². The Labute approximate surface area is 210 Å². The Morgan fingerprint density at radius 1 is 1.09 bits per heavy atom. The average Bonchev–Trinajstić information content (AvgIpc) is 2.78. The summed E-state index contributed by atoms with van der Waals surface area (Å²) in [5.74, 6) is 0.627. The molecule has 0 spiro atoms. The summed E-state index contributed by atoms with van der Waals surface area (Å²) in [6.07, 6.45) is 0.698. The molecule has 0 bridgehead atoms. The largest absolute Gasteiger partial charge is 0.493 e. The minimum absolute atomic E-state index is 0.0302. The summed E-state index contributed by atoms with van der Waals surface area (Å²) in [4.78, 5) is 23.7. The highest BCUT2D eigenvalue weighted by molar-refractivity contribution is 6.02. The average molecular weight is 483 g/mol. The highest BCUT2D eigenvalue weighted by Crippen LogP contribution is 2.54. The second-order valence-electron chi connectivity index (χ2n) is 10.0. The van der Waals surface area contributed by atoms with E-state index in [2.05, 4.69) is 63.3 Å². The number of primary amides is 1. The first-order chi connectivity index (χ1) is 16.5. The quantitative estimate of drug-likeness (QED) is 0.260. The predicted molar refractivity (Wildman–Crippen MR) is 143 cm³/mol. The van der Waals surface area contributed by atoms with Crippen LogP contribution in [-0.4, -0.2) is 31.6 Å². The smallest absolute Gasteiger partial charge is 0.404 e. The number of benzene rings is 2. The molecule has 3 N–H and O–H groups in total. The summed E-state index contributed by atoms with van der Waals surface area (Å²) in [7, 11) is 0. The number of rotatable bonds is 12. The monoisotopic (exact) mass is 482 g/mol. The van der Waals surface area contributed by atoms with Crippen molar-refractivity contribution in [3.05, 3.63) is 59.2 Å². The van der Waals surface area contributed by atoms with Gasteiger partial charge < -0.3 is 20.5 Å². The molecule has 2 aromatic carbocycles. The third kappa shape index (κ3) is 6.36. The zero-order valence-electron chi connectivity index (χ0n) is 22.4. The number of amides is 1. The second kappa shape index (κ2) is 12.1. The number of hydrogen-bond donors (Lipinski definition) is 2. The lowest BCUT2D eigenvalue weighted by molar-refractivity contribution is 0.101. The van der Waals surface area contributed by atoms with Gasteiger partial charge in [-0.05, 0) is 68.2 Å². The zero-order chi connectivity index (χ0) is 26.2. The van der Waals surface area contributed by atoms with E-state index in [4.69, 9.17) is 15.2 Å². The Kier molecular flexibility index (Phi) is 9.75. The van der Waals surface area contributed by atoms with E-state index >= 15 is 0 Å². The number of hydrogen-bond acceptors (Lipinski definition) is 5. The van der Waals surface area contributed by atoms with Crippen molar-refractivity contribution in [2.24, 2.45) is 11.1 Å². The SMILES string of the molecule is CCNc1cc(C(C)C(CCCOC(N)=O)(c2ccccc2)C(C)(C)C)cc(OCC)c1C(C)=O. The maximum atomic E-state index is 12.6. The van der Waals surface area contributed by atoms with Crippen LogP contribution in [0.25, 0.3) is 0 Å². The van der Waals surface area contributed by atoms with Gasteiger partial charge in [0, 0.05) is 17.6 Å². The number of nitrogens with one attached hydrogen (secondary N) is 1. The molecule has 0 aliphatic rings. The van der Waals surface area contributed by atoms with Crippen molar-refractivity contribution in [1.29, 1.82) is 0 Å². The van der Waals surface area contributed by atoms with E-state index in [1.807, 2.05) is 26.0 Å². The molecule has 6 heteroatoms. The van der Waals surface area contributed by atoms with Gasteiger partial charge in [0.2, 0.25) is 0 Å². The summed E-state index contributed by atoms with van der Waals surface area (Å²) in [5.41, 5.74) is 8.44. The molecule has 2 rings (SSSR count). The van der Waals surface area contributed by atoms with E-state index in [-0.39, 0.29) is 29.1 Å². The van der Waals surface area contributed by atoms with Gasteiger partial charge in [-0.15, -0.1) is 0 Å². The molecule has 0 saturated heterocycles. The van der Waals surface area contributed by atoms with Crippen LogP contribution in [0.4, 0.5) is 10.5 Å². The Bertz CT molecular complexity index is 970. The van der Waals surface area contributed by atoms with E-state index in [0.29, 0.717) is 30.9 Å². The first-order valence-electron chi connectivity index (χ1n) is 12.5. The Morgan fingerprint density at radius 3 is 2.26 bits per heavy atom. The van der Waals surface area contributed by atoms with Gasteiger partial charge in [0.25, 0.3) is 0 Å². The molecule has 0 saturated carbocycles. The summed E-state index contributed by atoms with van der Waals surface area (Å²) >= 11 is 0. The van der Waals surface area contributed by atoms with Crippen molar-refractivity contribution in [3.63, 3.8) is 0 Å². The third-order valence-electron chi connectivity index (χ3n) is 6.97. The molecule has 0 aliphatic carbocycles. The van der Waals surface area contributed by atoms with Gasteiger partial charge in [0.05, 0.1) is 18.8 Å². The number of Topliss-reactive ketones (excluding diaryl/α,β-unsaturated/α-hetero) is 1. The molecular weight excluding hydrogens is 440 g/mol. The first kappa shape index (κ1) is 28.2. The molecule has 2 aromatic rings. The van der Waals surface area contributed by atoms with Crippen LogP contribution in [-0.2, 0) is 10.2 Å². The summed E-state index contributed by atoms with van der Waals surface area (Å²) in [5, 5.41) is 3.37. The fourth-order valence-electron chi connectivity index (χ4n) is 5.46. The topological polar surface area (TPSA) is 90.7 Å². The van der Waals surface area contributed by atoms with Crippen LogP contribution in [0.1, 0.15) is 88.7 Å². The van der Waals surface area contributed by atoms with Crippen molar-refractivity contribution in [2.75, 3.05) is 25.1 Å². The highest BCUT2D eigenvalue weighted by Gasteiger charge is 2.47. The van der Waals surface area contributed by atoms with Crippen molar-refractivity contribution in [3.8, 4) is 5.75 Å². The number of ether oxygens (including phenoxy) is 2. The molecule has 0 radical (unpaired) electrons. The van der Waals surface area contributed by atoms with E-state index < -0.39 is 6.09 Å². The molecule has 2 unspecified atom stereocenters. The van der Waals surface area contributed by atoms with E-state index in [1.165, 1.54) is 5.56 Å². The van der Waals surface area contributed by atoms with Crippen LogP contribution in [0.15, 0.2) is 42.5 Å². The Balaban J connectivity index is 2.73. The lowest BCUT2D eigenvalue weighted by atomic mass is 9.53. The van der Waals surface area contributed by atoms with Gasteiger partial charge in [-0.2, -0.15) is 0 Å². The fraction of sp³-hybridized carbons (Fsp3) is 0.517. The number of ketones is 1. The summed E-state index contributed by atoms with van der Waals surface area (Å²) in [6.45, 7) is 15.9. The molecule has 2 atom stereocenters. The standard InChI is InChI=1S/C29H42N2O4/c1-8-31-24-18-22(19-25(34-9-2)26(24)21(4)32)20(3)29(28(5,6)7,16-13-17-35-27(30)33)23-14-11-10-12-15-23/h10-12,14-15,18-20,31H,8-9,13,16-17H2,1-7H3,(H2,30,33). The highest BCUT2D eigenvalue weighted by atomic mass is 16.5. The van der Waals surface area contributed by atoms with Gasteiger partial charge in [-0.3, -0.25) is 4.79 Å². The van der Waals surface area contributed by atoms with Gasteiger partial charge in [-0.1, -0.05) is 58.0 Å². The molecule has 1 amide bonds. The van der Waals surface area contributed by atoms with Crippen molar-refractivity contribution in [1.82, 2.24) is 0 Å². The van der Waals surface area contributed by atoms with Crippen LogP contribution in [0.2, 0.25) is 0 Å². The molecular formula is C29H42N2O4. The maximum Gasteiger partial charge on any atom is 0.404 e. The lowest BCUT2D eigenvalue weighted by Crippen LogP contribution is -2.45. The van der Waals surface area contributed by atoms with Gasteiger partial charge >= 0.3 is 6.09 Å². The minimum Gasteiger partial charge on any atom is -0.493 e. The zero-order valence-corrected chi connectivity index (χ0v) is 22.4. The molecule has 6 nitrogen and oxygen atoms in total. The van der Waals surface area contributed by atoms with Crippen LogP contribution in [0.3, 0.4) is 0 Å². The van der Waals surface area contributed by atoms with E-state index in [0.717, 1.165) is 17.7 Å². The number of nitrogens with two attached hydrogens (primary N) is 1. The third-order valence-corrected chi connectivity index (χ3v) is 6.97. The molecule has 0 heterocycles. The Hall–Kier alpha value is -3.02. The molecule has 192 valence electrons. The van der Waals surface area contributed by atoms with Crippen molar-refractivity contribution < 1.29 is 19.1 Å². The lowest BCUT2D eigenvalue weighted by Gasteiger charge is -2.50. The van der Waals surface area contributed by atoms with Crippen molar-refractivity contribution in [2.45, 2.75) is 72.6 Å². The van der Waals surface area contributed by atoms with Gasteiger partial charge in [0.1, 0.15) is 5.75 Å². The van der Waals surface area contributed by atoms with Gasteiger partial charge in [0.15, 0.2) is 5.78 Å². The normalized spacial score (nSPS) is 14.0. The molecule has 35 heavy (non-hydrogen) atoms. The molecule has 0 aliphatic heterocycles. The van der Waals surface area contributed by atoms with Crippen LogP contribution in [0, 0.1) is 5.41 Å². The van der Waals surface area contributed by atoms with Crippen LogP contribution < -0.4 is 15.8 Å². The number of anilines is 1. The summed E-state index contributed by atoms with van der Waals surface area (Å²) < 4.78 is 11.1.